The number of alkyl halides is 3. The Morgan fingerprint density at radius 1 is 1.43 bits per heavy atom. The lowest BCUT2D eigenvalue weighted by Crippen LogP contribution is -2.16. The van der Waals surface area contributed by atoms with E-state index in [4.69, 9.17) is 4.74 Å². The number of aromatic nitrogens is 4. The molecule has 1 aliphatic heterocycles. The average Bonchev–Trinajstić information content (AvgIpc) is 3.03. The van der Waals surface area contributed by atoms with Gasteiger partial charge >= 0.3 is 6.18 Å². The van der Waals surface area contributed by atoms with Crippen molar-refractivity contribution in [2.75, 3.05) is 25.1 Å². The van der Waals surface area contributed by atoms with Gasteiger partial charge in [0.25, 0.3) is 11.6 Å². The summed E-state index contributed by atoms with van der Waals surface area (Å²) in [6.07, 6.45) is -3.65. The van der Waals surface area contributed by atoms with E-state index in [1.807, 2.05) is 0 Å². The summed E-state index contributed by atoms with van der Waals surface area (Å²) in [6, 6.07) is 1.65. The van der Waals surface area contributed by atoms with Crippen LogP contribution in [0.15, 0.2) is 6.07 Å². The van der Waals surface area contributed by atoms with Crippen molar-refractivity contribution in [1.29, 1.82) is 0 Å². The van der Waals surface area contributed by atoms with Gasteiger partial charge < -0.3 is 10.1 Å². The maximum absolute atomic E-state index is 12.7. The third-order valence-corrected chi connectivity index (χ3v) is 3.29. The van der Waals surface area contributed by atoms with Gasteiger partial charge in [0.1, 0.15) is 5.82 Å². The van der Waals surface area contributed by atoms with Gasteiger partial charge in [-0.2, -0.15) is 22.7 Å². The molecule has 1 atom stereocenters. The van der Waals surface area contributed by atoms with Gasteiger partial charge in [-0.1, -0.05) is 0 Å². The first kappa shape index (κ1) is 14.1. The second-order valence-electron chi connectivity index (χ2n) is 5.04. The second kappa shape index (κ2) is 5.14. The van der Waals surface area contributed by atoms with Crippen LogP contribution in [0, 0.1) is 12.8 Å². The first-order valence-corrected chi connectivity index (χ1v) is 6.57. The minimum absolute atomic E-state index is 0.0625. The number of hydrogen-bond acceptors (Lipinski definition) is 5. The van der Waals surface area contributed by atoms with Crippen molar-refractivity contribution in [1.82, 2.24) is 19.6 Å². The molecule has 0 amide bonds. The molecule has 0 bridgehead atoms. The largest absolute Gasteiger partial charge is 0.453 e. The molecule has 21 heavy (non-hydrogen) atoms. The first-order valence-electron chi connectivity index (χ1n) is 6.57. The van der Waals surface area contributed by atoms with Gasteiger partial charge in [0.2, 0.25) is 0 Å². The molecule has 114 valence electrons. The van der Waals surface area contributed by atoms with Gasteiger partial charge in [0, 0.05) is 30.8 Å². The zero-order valence-corrected chi connectivity index (χ0v) is 11.3. The number of halogens is 3. The number of nitrogens with one attached hydrogen (secondary N) is 1. The Balaban J connectivity index is 1.90. The molecular weight excluding hydrogens is 287 g/mol. The Kier molecular flexibility index (Phi) is 3.44. The lowest BCUT2D eigenvalue weighted by molar-refractivity contribution is -0.144. The molecule has 1 aliphatic rings. The highest BCUT2D eigenvalue weighted by Gasteiger charge is 2.36. The fourth-order valence-corrected chi connectivity index (χ4v) is 2.23. The van der Waals surface area contributed by atoms with Crippen LogP contribution in [-0.4, -0.2) is 39.3 Å². The topological polar surface area (TPSA) is 64.3 Å². The van der Waals surface area contributed by atoms with Gasteiger partial charge in [-0.25, -0.2) is 4.98 Å². The summed E-state index contributed by atoms with van der Waals surface area (Å²) in [7, 11) is 0. The van der Waals surface area contributed by atoms with E-state index >= 15 is 0 Å². The summed E-state index contributed by atoms with van der Waals surface area (Å²) in [5.41, 5.74) is 0.578. The molecule has 3 heterocycles. The summed E-state index contributed by atoms with van der Waals surface area (Å²) < 4.78 is 44.4. The van der Waals surface area contributed by atoms with E-state index < -0.39 is 12.0 Å². The summed E-state index contributed by atoms with van der Waals surface area (Å²) in [5.74, 6) is -0.452. The van der Waals surface area contributed by atoms with Crippen molar-refractivity contribution >= 4 is 11.6 Å². The minimum Gasteiger partial charge on any atom is -0.381 e. The molecule has 1 N–H and O–H groups in total. The molecule has 0 aliphatic carbocycles. The molecule has 1 fully saturated rings. The maximum Gasteiger partial charge on any atom is 0.453 e. The predicted octanol–water partition coefficient (Wildman–Crippen LogP) is 1.90. The predicted molar refractivity (Wildman–Crippen MR) is 67.9 cm³/mol. The van der Waals surface area contributed by atoms with E-state index in [0.29, 0.717) is 30.6 Å². The van der Waals surface area contributed by atoms with Crippen LogP contribution >= 0.6 is 0 Å². The molecule has 0 aromatic carbocycles. The number of rotatable bonds is 3. The van der Waals surface area contributed by atoms with Crippen LogP contribution in [0.25, 0.3) is 5.78 Å². The molecule has 0 radical (unpaired) electrons. The zero-order chi connectivity index (χ0) is 15.0. The molecule has 1 saturated heterocycles. The molecule has 2 aromatic heterocycles. The Morgan fingerprint density at radius 3 is 2.90 bits per heavy atom. The standard InChI is InChI=1S/C12H14F3N5O/c1-7-4-9(16-5-8-2-3-21-6-8)20-11(17-7)18-10(19-20)12(13,14)15/h4,8,16H,2-3,5-6H2,1H3. The molecule has 1 unspecified atom stereocenters. The van der Waals surface area contributed by atoms with Crippen LogP contribution in [0.4, 0.5) is 19.0 Å². The molecule has 6 nitrogen and oxygen atoms in total. The quantitative estimate of drug-likeness (QED) is 0.938. The Labute approximate surface area is 118 Å². The summed E-state index contributed by atoms with van der Waals surface area (Å²) in [4.78, 5) is 7.41. The van der Waals surface area contributed by atoms with E-state index in [2.05, 4.69) is 20.4 Å². The van der Waals surface area contributed by atoms with Crippen molar-refractivity contribution in [3.63, 3.8) is 0 Å². The van der Waals surface area contributed by atoms with Crippen LogP contribution in [0.5, 0.6) is 0 Å². The fourth-order valence-electron chi connectivity index (χ4n) is 2.23. The Bertz CT molecular complexity index is 648. The van der Waals surface area contributed by atoms with Gasteiger partial charge in [0.05, 0.1) is 6.61 Å². The summed E-state index contributed by atoms with van der Waals surface area (Å²) in [6.45, 7) is 3.69. The summed E-state index contributed by atoms with van der Waals surface area (Å²) in [5, 5.41) is 6.60. The monoisotopic (exact) mass is 301 g/mol. The van der Waals surface area contributed by atoms with Crippen molar-refractivity contribution in [3.05, 3.63) is 17.6 Å². The van der Waals surface area contributed by atoms with E-state index in [1.54, 1.807) is 13.0 Å². The normalized spacial score (nSPS) is 19.3. The van der Waals surface area contributed by atoms with Crippen molar-refractivity contribution in [2.45, 2.75) is 19.5 Å². The lowest BCUT2D eigenvalue weighted by Gasteiger charge is -2.11. The number of hydrogen-bond donors (Lipinski definition) is 1. The number of fused-ring (bicyclic) bond motifs is 1. The maximum atomic E-state index is 12.7. The number of nitrogens with zero attached hydrogens (tertiary/aromatic N) is 4. The molecule has 2 aromatic rings. The molecule has 0 saturated carbocycles. The van der Waals surface area contributed by atoms with E-state index in [-0.39, 0.29) is 5.78 Å². The van der Waals surface area contributed by atoms with Gasteiger partial charge in [-0.15, -0.1) is 5.10 Å². The molecule has 9 heteroatoms. The smallest absolute Gasteiger partial charge is 0.381 e. The second-order valence-corrected chi connectivity index (χ2v) is 5.04. The SMILES string of the molecule is Cc1cc(NCC2CCOC2)n2nc(C(F)(F)F)nc2n1. The third kappa shape index (κ3) is 2.92. The number of aryl methyl sites for hydroxylation is 1. The summed E-state index contributed by atoms with van der Waals surface area (Å²) >= 11 is 0. The number of ether oxygens (including phenoxy) is 1. The van der Waals surface area contributed by atoms with Crippen molar-refractivity contribution < 1.29 is 17.9 Å². The minimum atomic E-state index is -4.59. The van der Waals surface area contributed by atoms with Gasteiger partial charge in [0.15, 0.2) is 0 Å². The van der Waals surface area contributed by atoms with Crippen LogP contribution in [-0.2, 0) is 10.9 Å². The Hall–Kier alpha value is -1.90. The highest BCUT2D eigenvalue weighted by molar-refractivity contribution is 5.45. The number of anilines is 1. The van der Waals surface area contributed by atoms with E-state index in [9.17, 15) is 13.2 Å². The molecule has 0 spiro atoms. The van der Waals surface area contributed by atoms with Gasteiger partial charge in [-0.3, -0.25) is 0 Å². The van der Waals surface area contributed by atoms with Crippen LogP contribution in [0.1, 0.15) is 17.9 Å². The zero-order valence-electron chi connectivity index (χ0n) is 11.3. The van der Waals surface area contributed by atoms with Crippen molar-refractivity contribution in [3.8, 4) is 0 Å². The Morgan fingerprint density at radius 2 is 2.24 bits per heavy atom. The fraction of sp³-hybridized carbons (Fsp3) is 0.583. The van der Waals surface area contributed by atoms with E-state index in [1.165, 1.54) is 0 Å². The highest BCUT2D eigenvalue weighted by Crippen LogP contribution is 2.27. The van der Waals surface area contributed by atoms with E-state index in [0.717, 1.165) is 17.5 Å². The van der Waals surface area contributed by atoms with Crippen LogP contribution < -0.4 is 5.32 Å². The van der Waals surface area contributed by atoms with Gasteiger partial charge in [-0.05, 0) is 13.3 Å². The molecule has 3 rings (SSSR count). The van der Waals surface area contributed by atoms with Crippen LogP contribution in [0.3, 0.4) is 0 Å². The van der Waals surface area contributed by atoms with Crippen molar-refractivity contribution in [2.24, 2.45) is 5.92 Å². The molecular formula is C12H14F3N5O. The first-order chi connectivity index (χ1) is 9.93. The average molecular weight is 301 g/mol. The lowest BCUT2D eigenvalue weighted by atomic mass is 10.1. The highest BCUT2D eigenvalue weighted by atomic mass is 19.4. The van der Waals surface area contributed by atoms with Crippen LogP contribution in [0.2, 0.25) is 0 Å². The third-order valence-electron chi connectivity index (χ3n) is 3.29.